The quantitative estimate of drug-likeness (QED) is 0.897. The smallest absolute Gasteiger partial charge is 0.151 e. The number of hydrogen-bond acceptors (Lipinski definition) is 4. The van der Waals surface area contributed by atoms with Gasteiger partial charge in [0.15, 0.2) is 9.84 Å². The molecule has 5 heteroatoms. The summed E-state index contributed by atoms with van der Waals surface area (Å²) >= 11 is 0. The molecule has 0 radical (unpaired) electrons. The number of benzene rings is 1. The third kappa shape index (κ3) is 4.14. The maximum Gasteiger partial charge on any atom is 0.151 e. The molecule has 0 aromatic heterocycles. The molecule has 1 saturated carbocycles. The van der Waals surface area contributed by atoms with E-state index >= 15 is 0 Å². The Morgan fingerprint density at radius 1 is 1.13 bits per heavy atom. The van der Waals surface area contributed by atoms with E-state index in [4.69, 9.17) is 4.74 Å². The van der Waals surface area contributed by atoms with E-state index in [0.717, 1.165) is 45.3 Å². The standard InChI is InChI=1S/C18H27NO3S/c1-23(20,21)17-10-6-5-9-16(17)19-13-15-11-12-22-18(15)14-7-3-2-4-8-14/h2-4,7-8,15-19H,5-6,9-13H2,1H3/t15-,16-,17+,18-/m0/s1. The van der Waals surface area contributed by atoms with Gasteiger partial charge in [-0.3, -0.25) is 0 Å². The minimum Gasteiger partial charge on any atom is -0.373 e. The van der Waals surface area contributed by atoms with Gasteiger partial charge in [-0.25, -0.2) is 8.42 Å². The molecule has 1 aliphatic heterocycles. The normalized spacial score (nSPS) is 32.0. The molecule has 4 nitrogen and oxygen atoms in total. The molecule has 1 saturated heterocycles. The van der Waals surface area contributed by atoms with E-state index < -0.39 is 9.84 Å². The van der Waals surface area contributed by atoms with E-state index in [1.807, 2.05) is 18.2 Å². The first-order valence-electron chi connectivity index (χ1n) is 8.64. The topological polar surface area (TPSA) is 55.4 Å². The van der Waals surface area contributed by atoms with Crippen LogP contribution in [0.25, 0.3) is 0 Å². The lowest BCUT2D eigenvalue weighted by atomic mass is 9.92. The molecule has 1 aromatic carbocycles. The first kappa shape index (κ1) is 16.9. The van der Waals surface area contributed by atoms with E-state index in [1.165, 1.54) is 11.8 Å². The van der Waals surface area contributed by atoms with E-state index in [2.05, 4.69) is 17.4 Å². The molecule has 2 aliphatic rings. The SMILES string of the molecule is CS(=O)(=O)[C@@H]1CCCC[C@@H]1NC[C@@H]1CCO[C@H]1c1ccccc1. The van der Waals surface area contributed by atoms with Crippen LogP contribution in [-0.2, 0) is 14.6 Å². The molecule has 0 spiro atoms. The minimum absolute atomic E-state index is 0.0933. The van der Waals surface area contributed by atoms with Crippen molar-refractivity contribution in [1.82, 2.24) is 5.32 Å². The van der Waals surface area contributed by atoms with Crippen LogP contribution in [0.15, 0.2) is 30.3 Å². The van der Waals surface area contributed by atoms with Gasteiger partial charge < -0.3 is 10.1 Å². The van der Waals surface area contributed by atoms with Gasteiger partial charge in [0.05, 0.1) is 11.4 Å². The van der Waals surface area contributed by atoms with Crippen molar-refractivity contribution in [2.24, 2.45) is 5.92 Å². The molecular formula is C18H27NO3S. The molecule has 1 heterocycles. The van der Waals surface area contributed by atoms with Crippen LogP contribution in [0.1, 0.15) is 43.8 Å². The van der Waals surface area contributed by atoms with Crippen molar-refractivity contribution in [2.45, 2.75) is 49.5 Å². The first-order valence-corrected chi connectivity index (χ1v) is 10.6. The molecular weight excluding hydrogens is 310 g/mol. The summed E-state index contributed by atoms with van der Waals surface area (Å²) in [5, 5.41) is 3.33. The van der Waals surface area contributed by atoms with E-state index in [1.54, 1.807) is 0 Å². The molecule has 23 heavy (non-hydrogen) atoms. The molecule has 1 aromatic rings. The number of nitrogens with one attached hydrogen (secondary N) is 1. The Bertz CT molecular complexity index is 602. The van der Waals surface area contributed by atoms with Crippen molar-refractivity contribution in [1.29, 1.82) is 0 Å². The third-order valence-electron chi connectivity index (χ3n) is 5.24. The molecule has 3 rings (SSSR count). The fourth-order valence-electron chi connectivity index (χ4n) is 4.00. The van der Waals surface area contributed by atoms with Gasteiger partial charge in [-0.05, 0) is 24.8 Å². The molecule has 0 bridgehead atoms. The summed E-state index contributed by atoms with van der Waals surface area (Å²) in [7, 11) is -2.98. The maximum atomic E-state index is 12.0. The van der Waals surface area contributed by atoms with Crippen molar-refractivity contribution in [3.63, 3.8) is 0 Å². The summed E-state index contributed by atoms with van der Waals surface area (Å²) in [4.78, 5) is 0. The van der Waals surface area contributed by atoms with Gasteiger partial charge in [-0.15, -0.1) is 0 Å². The van der Waals surface area contributed by atoms with Crippen molar-refractivity contribution < 1.29 is 13.2 Å². The summed E-state index contributed by atoms with van der Waals surface area (Å²) in [6.07, 6.45) is 6.43. The second-order valence-electron chi connectivity index (χ2n) is 6.92. The molecule has 128 valence electrons. The van der Waals surface area contributed by atoms with Crippen molar-refractivity contribution in [2.75, 3.05) is 19.4 Å². The molecule has 0 amide bonds. The number of rotatable bonds is 5. The van der Waals surface area contributed by atoms with Crippen LogP contribution in [-0.4, -0.2) is 39.1 Å². The number of sulfone groups is 1. The predicted octanol–water partition coefficient (Wildman–Crippen LogP) is 2.71. The van der Waals surface area contributed by atoms with E-state index in [0.29, 0.717) is 5.92 Å². The van der Waals surface area contributed by atoms with Crippen LogP contribution < -0.4 is 5.32 Å². The highest BCUT2D eigenvalue weighted by Gasteiger charge is 2.35. The van der Waals surface area contributed by atoms with E-state index in [9.17, 15) is 8.42 Å². The lowest BCUT2D eigenvalue weighted by molar-refractivity contribution is 0.0894. The van der Waals surface area contributed by atoms with Gasteiger partial charge in [0.25, 0.3) is 0 Å². The fourth-order valence-corrected chi connectivity index (χ4v) is 5.42. The predicted molar refractivity (Wildman–Crippen MR) is 92.1 cm³/mol. The zero-order valence-corrected chi connectivity index (χ0v) is 14.6. The van der Waals surface area contributed by atoms with Crippen LogP contribution in [0.5, 0.6) is 0 Å². The molecule has 0 unspecified atom stereocenters. The van der Waals surface area contributed by atoms with E-state index in [-0.39, 0.29) is 17.4 Å². The lowest BCUT2D eigenvalue weighted by Gasteiger charge is -2.32. The molecule has 4 atom stereocenters. The Morgan fingerprint density at radius 3 is 2.61 bits per heavy atom. The summed E-state index contributed by atoms with van der Waals surface area (Å²) in [6.45, 7) is 1.61. The van der Waals surface area contributed by atoms with Gasteiger partial charge in [0.1, 0.15) is 0 Å². The Labute approximate surface area is 139 Å². The fraction of sp³-hybridized carbons (Fsp3) is 0.667. The van der Waals surface area contributed by atoms with Crippen LogP contribution in [0.2, 0.25) is 0 Å². The Hall–Kier alpha value is -0.910. The highest BCUT2D eigenvalue weighted by Crippen LogP contribution is 2.34. The van der Waals surface area contributed by atoms with Gasteiger partial charge in [0.2, 0.25) is 0 Å². The van der Waals surface area contributed by atoms with Gasteiger partial charge in [-0.2, -0.15) is 0 Å². The van der Waals surface area contributed by atoms with Crippen LogP contribution in [0.4, 0.5) is 0 Å². The van der Waals surface area contributed by atoms with Crippen molar-refractivity contribution in [3.8, 4) is 0 Å². The second-order valence-corrected chi connectivity index (χ2v) is 9.18. The van der Waals surface area contributed by atoms with Crippen molar-refractivity contribution >= 4 is 9.84 Å². The molecule has 1 N–H and O–H groups in total. The largest absolute Gasteiger partial charge is 0.373 e. The van der Waals surface area contributed by atoms with Crippen LogP contribution >= 0.6 is 0 Å². The molecule has 1 aliphatic carbocycles. The Balaban J connectivity index is 1.62. The highest BCUT2D eigenvalue weighted by molar-refractivity contribution is 7.91. The molecule has 2 fully saturated rings. The second kappa shape index (κ2) is 7.32. The number of hydrogen-bond donors (Lipinski definition) is 1. The highest BCUT2D eigenvalue weighted by atomic mass is 32.2. The average Bonchev–Trinajstić information content (AvgIpc) is 3.02. The first-order chi connectivity index (χ1) is 11.1. The number of ether oxygens (including phenoxy) is 1. The van der Waals surface area contributed by atoms with Gasteiger partial charge in [-0.1, -0.05) is 43.2 Å². The monoisotopic (exact) mass is 337 g/mol. The van der Waals surface area contributed by atoms with Crippen LogP contribution in [0, 0.1) is 5.92 Å². The zero-order chi connectivity index (χ0) is 16.3. The lowest BCUT2D eigenvalue weighted by Crippen LogP contribution is -2.47. The summed E-state index contributed by atoms with van der Waals surface area (Å²) < 4.78 is 30.0. The third-order valence-corrected chi connectivity index (χ3v) is 6.90. The van der Waals surface area contributed by atoms with Gasteiger partial charge >= 0.3 is 0 Å². The zero-order valence-electron chi connectivity index (χ0n) is 13.8. The van der Waals surface area contributed by atoms with Crippen molar-refractivity contribution in [3.05, 3.63) is 35.9 Å². The summed E-state index contributed by atoms with van der Waals surface area (Å²) in [6, 6.07) is 10.4. The Kier molecular flexibility index (Phi) is 5.39. The summed E-state index contributed by atoms with van der Waals surface area (Å²) in [5.74, 6) is 0.416. The average molecular weight is 337 g/mol. The minimum atomic E-state index is -2.98. The van der Waals surface area contributed by atoms with Crippen LogP contribution in [0.3, 0.4) is 0 Å². The summed E-state index contributed by atoms with van der Waals surface area (Å²) in [5.41, 5.74) is 1.22. The Morgan fingerprint density at radius 2 is 1.87 bits per heavy atom. The van der Waals surface area contributed by atoms with Gasteiger partial charge in [0, 0.05) is 31.4 Å². The maximum absolute atomic E-state index is 12.0.